The van der Waals surface area contributed by atoms with Crippen LogP contribution in [0.4, 0.5) is 0 Å². The lowest BCUT2D eigenvalue weighted by Crippen LogP contribution is -2.33. The number of aliphatic hydroxyl groups excluding tert-OH is 1. The maximum atomic E-state index is 12.4. The average molecular weight is 396 g/mol. The second-order valence-corrected chi connectivity index (χ2v) is 6.98. The highest BCUT2D eigenvalue weighted by Gasteiger charge is 2.34. The second kappa shape index (κ2) is 8.87. The maximum absolute atomic E-state index is 12.4. The minimum Gasteiger partial charge on any atom is -0.497 e. The van der Waals surface area contributed by atoms with Crippen LogP contribution in [0.3, 0.4) is 0 Å². The molecule has 2 aromatic carbocycles. The van der Waals surface area contributed by atoms with Crippen molar-refractivity contribution in [3.8, 4) is 5.75 Å². The van der Waals surface area contributed by atoms with E-state index in [4.69, 9.17) is 4.74 Å². The highest BCUT2D eigenvalue weighted by molar-refractivity contribution is 6.21. The molecular formula is C22H24N2O5. The molecule has 1 unspecified atom stereocenters. The van der Waals surface area contributed by atoms with Crippen LogP contribution in [0.15, 0.2) is 48.5 Å². The van der Waals surface area contributed by atoms with Crippen molar-refractivity contribution in [2.45, 2.75) is 18.9 Å². The summed E-state index contributed by atoms with van der Waals surface area (Å²) >= 11 is 0. The largest absolute Gasteiger partial charge is 0.497 e. The quantitative estimate of drug-likeness (QED) is 0.692. The fourth-order valence-electron chi connectivity index (χ4n) is 3.34. The van der Waals surface area contributed by atoms with E-state index in [-0.39, 0.29) is 37.2 Å². The maximum Gasteiger partial charge on any atom is 0.261 e. The lowest BCUT2D eigenvalue weighted by molar-refractivity contribution is -0.131. The number of carbonyl (C=O) groups is 3. The van der Waals surface area contributed by atoms with Gasteiger partial charge in [0.05, 0.1) is 30.9 Å². The van der Waals surface area contributed by atoms with Gasteiger partial charge in [0.1, 0.15) is 5.75 Å². The summed E-state index contributed by atoms with van der Waals surface area (Å²) in [5.74, 6) is -0.167. The van der Waals surface area contributed by atoms with Crippen LogP contribution in [0.1, 0.15) is 45.2 Å². The molecule has 0 saturated carbocycles. The summed E-state index contributed by atoms with van der Waals surface area (Å²) < 4.78 is 5.15. The van der Waals surface area contributed by atoms with E-state index in [2.05, 4.69) is 0 Å². The molecule has 3 rings (SSSR count). The van der Waals surface area contributed by atoms with Crippen molar-refractivity contribution < 1.29 is 24.2 Å². The van der Waals surface area contributed by atoms with E-state index in [9.17, 15) is 19.5 Å². The summed E-state index contributed by atoms with van der Waals surface area (Å²) in [7, 11) is 3.17. The summed E-state index contributed by atoms with van der Waals surface area (Å²) in [5.41, 5.74) is 1.47. The topological polar surface area (TPSA) is 87.2 Å². The monoisotopic (exact) mass is 396 g/mol. The number of fused-ring (bicyclic) bond motifs is 1. The number of hydrogen-bond donors (Lipinski definition) is 1. The minimum absolute atomic E-state index is 0.138. The van der Waals surface area contributed by atoms with Crippen LogP contribution in [-0.4, -0.2) is 59.9 Å². The van der Waals surface area contributed by atoms with Crippen molar-refractivity contribution in [2.24, 2.45) is 0 Å². The van der Waals surface area contributed by atoms with E-state index in [1.807, 2.05) is 0 Å². The molecule has 7 nitrogen and oxygen atoms in total. The zero-order valence-electron chi connectivity index (χ0n) is 16.5. The van der Waals surface area contributed by atoms with Gasteiger partial charge < -0.3 is 14.7 Å². The molecule has 3 amide bonds. The van der Waals surface area contributed by atoms with Gasteiger partial charge in [0, 0.05) is 20.0 Å². The third-order valence-electron chi connectivity index (χ3n) is 5.00. The molecule has 1 atom stereocenters. The van der Waals surface area contributed by atoms with Crippen LogP contribution in [-0.2, 0) is 4.79 Å². The number of ether oxygens (including phenoxy) is 1. The standard InChI is InChI=1S/C22H24N2O5/c1-23(14-19(25)15-7-5-8-16(13-15)29-2)20(26)11-6-12-24-21(27)17-9-3-4-10-18(17)22(24)28/h3-5,7-10,13,19,25H,6,11-12,14H2,1-2H3. The Labute approximate surface area is 169 Å². The molecule has 1 aliphatic heterocycles. The molecule has 0 saturated heterocycles. The predicted octanol–water partition coefficient (Wildman–Crippen LogP) is 2.26. The first-order valence-electron chi connectivity index (χ1n) is 9.43. The van der Waals surface area contributed by atoms with Crippen LogP contribution in [0.25, 0.3) is 0 Å². The summed E-state index contributed by atoms with van der Waals surface area (Å²) in [6.07, 6.45) is -0.297. The Kier molecular flexibility index (Phi) is 6.29. The molecule has 0 aliphatic carbocycles. The fraction of sp³-hybridized carbons (Fsp3) is 0.318. The third-order valence-corrected chi connectivity index (χ3v) is 5.00. The number of benzene rings is 2. The van der Waals surface area contributed by atoms with Gasteiger partial charge in [0.2, 0.25) is 5.91 Å². The van der Waals surface area contributed by atoms with Crippen molar-refractivity contribution in [2.75, 3.05) is 27.2 Å². The van der Waals surface area contributed by atoms with Gasteiger partial charge in [-0.05, 0) is 36.2 Å². The molecule has 0 spiro atoms. The van der Waals surface area contributed by atoms with E-state index < -0.39 is 6.10 Å². The van der Waals surface area contributed by atoms with Crippen LogP contribution < -0.4 is 4.74 Å². The Morgan fingerprint density at radius 3 is 2.38 bits per heavy atom. The summed E-state index contributed by atoms with van der Waals surface area (Å²) in [6, 6.07) is 13.8. The van der Waals surface area contributed by atoms with Gasteiger partial charge >= 0.3 is 0 Å². The number of methoxy groups -OCH3 is 1. The van der Waals surface area contributed by atoms with E-state index in [0.29, 0.717) is 28.9 Å². The fourth-order valence-corrected chi connectivity index (χ4v) is 3.34. The highest BCUT2D eigenvalue weighted by atomic mass is 16.5. The third kappa shape index (κ3) is 4.46. The predicted molar refractivity (Wildman–Crippen MR) is 107 cm³/mol. The average Bonchev–Trinajstić information content (AvgIpc) is 2.98. The number of carbonyl (C=O) groups excluding carboxylic acids is 3. The Hall–Kier alpha value is -3.19. The summed E-state index contributed by atoms with van der Waals surface area (Å²) in [5, 5.41) is 10.4. The summed E-state index contributed by atoms with van der Waals surface area (Å²) in [4.78, 5) is 39.7. The Morgan fingerprint density at radius 1 is 1.10 bits per heavy atom. The smallest absolute Gasteiger partial charge is 0.261 e. The number of imide groups is 1. The van der Waals surface area contributed by atoms with E-state index >= 15 is 0 Å². The number of aliphatic hydroxyl groups is 1. The molecular weight excluding hydrogens is 372 g/mol. The molecule has 1 heterocycles. The van der Waals surface area contributed by atoms with E-state index in [1.54, 1.807) is 62.7 Å². The molecule has 152 valence electrons. The van der Waals surface area contributed by atoms with Gasteiger partial charge in [-0.25, -0.2) is 0 Å². The van der Waals surface area contributed by atoms with Crippen molar-refractivity contribution >= 4 is 17.7 Å². The summed E-state index contributed by atoms with van der Waals surface area (Å²) in [6.45, 7) is 0.323. The van der Waals surface area contributed by atoms with Crippen molar-refractivity contribution in [3.05, 3.63) is 65.2 Å². The first-order valence-corrected chi connectivity index (χ1v) is 9.43. The van der Waals surface area contributed by atoms with Gasteiger partial charge in [-0.3, -0.25) is 19.3 Å². The second-order valence-electron chi connectivity index (χ2n) is 6.98. The van der Waals surface area contributed by atoms with Crippen LogP contribution in [0.2, 0.25) is 0 Å². The van der Waals surface area contributed by atoms with Gasteiger partial charge in [0.25, 0.3) is 11.8 Å². The molecule has 29 heavy (non-hydrogen) atoms. The van der Waals surface area contributed by atoms with Crippen LogP contribution in [0, 0.1) is 0 Å². The molecule has 1 N–H and O–H groups in total. The lowest BCUT2D eigenvalue weighted by atomic mass is 10.1. The Bertz CT molecular complexity index is 892. The normalized spacial score (nSPS) is 14.0. The van der Waals surface area contributed by atoms with Crippen molar-refractivity contribution in [1.82, 2.24) is 9.80 Å². The number of nitrogens with zero attached hydrogens (tertiary/aromatic N) is 2. The Morgan fingerprint density at radius 2 is 1.76 bits per heavy atom. The van der Waals surface area contributed by atoms with Crippen molar-refractivity contribution in [3.63, 3.8) is 0 Å². The zero-order chi connectivity index (χ0) is 21.0. The van der Waals surface area contributed by atoms with Gasteiger partial charge in [-0.1, -0.05) is 24.3 Å². The lowest BCUT2D eigenvalue weighted by Gasteiger charge is -2.22. The SMILES string of the molecule is COc1cccc(C(O)CN(C)C(=O)CCCN2C(=O)c3ccccc3C2=O)c1. The molecule has 1 aliphatic rings. The van der Waals surface area contributed by atoms with Gasteiger partial charge in [-0.2, -0.15) is 0 Å². The minimum atomic E-state index is -0.838. The van der Waals surface area contributed by atoms with Crippen LogP contribution in [0.5, 0.6) is 5.75 Å². The molecule has 0 radical (unpaired) electrons. The highest BCUT2D eigenvalue weighted by Crippen LogP contribution is 2.23. The van der Waals surface area contributed by atoms with Gasteiger partial charge in [0.15, 0.2) is 0 Å². The van der Waals surface area contributed by atoms with E-state index in [0.717, 1.165) is 0 Å². The molecule has 0 aromatic heterocycles. The molecule has 2 aromatic rings. The van der Waals surface area contributed by atoms with Gasteiger partial charge in [-0.15, -0.1) is 0 Å². The molecule has 0 bridgehead atoms. The number of rotatable bonds is 8. The first-order chi connectivity index (χ1) is 13.9. The molecule has 7 heteroatoms. The first kappa shape index (κ1) is 20.5. The molecule has 0 fully saturated rings. The van der Waals surface area contributed by atoms with Crippen molar-refractivity contribution in [1.29, 1.82) is 0 Å². The zero-order valence-corrected chi connectivity index (χ0v) is 16.5. The number of likely N-dealkylation sites (N-methyl/N-ethyl adjacent to an activating group) is 1. The number of hydrogen-bond acceptors (Lipinski definition) is 5. The Balaban J connectivity index is 1.49. The number of amides is 3. The van der Waals surface area contributed by atoms with Crippen LogP contribution >= 0.6 is 0 Å². The van der Waals surface area contributed by atoms with E-state index in [1.165, 1.54) is 9.80 Å².